The SMILES string of the molecule is CCn1c(SCc2ccn(-c3cccc(F)c3)n2)nnc1-c1ccco1. The highest BCUT2D eigenvalue weighted by molar-refractivity contribution is 7.98. The second kappa shape index (κ2) is 7.17. The van der Waals surface area contributed by atoms with Gasteiger partial charge in [0, 0.05) is 18.5 Å². The number of hydrogen-bond acceptors (Lipinski definition) is 5. The first-order valence-corrected chi connectivity index (χ1v) is 9.13. The molecule has 6 nitrogen and oxygen atoms in total. The van der Waals surface area contributed by atoms with Gasteiger partial charge in [0.1, 0.15) is 5.82 Å². The molecule has 0 saturated heterocycles. The summed E-state index contributed by atoms with van der Waals surface area (Å²) in [5.41, 5.74) is 1.57. The first kappa shape index (κ1) is 16.6. The van der Waals surface area contributed by atoms with E-state index in [1.165, 1.54) is 12.1 Å². The molecule has 26 heavy (non-hydrogen) atoms. The smallest absolute Gasteiger partial charge is 0.200 e. The Morgan fingerprint density at radius 2 is 2.08 bits per heavy atom. The molecule has 8 heteroatoms. The Morgan fingerprint density at radius 3 is 2.85 bits per heavy atom. The van der Waals surface area contributed by atoms with Gasteiger partial charge in [-0.15, -0.1) is 10.2 Å². The molecule has 0 amide bonds. The molecule has 0 bridgehead atoms. The van der Waals surface area contributed by atoms with Gasteiger partial charge in [-0.25, -0.2) is 9.07 Å². The van der Waals surface area contributed by atoms with Gasteiger partial charge >= 0.3 is 0 Å². The van der Waals surface area contributed by atoms with Gasteiger partial charge in [-0.3, -0.25) is 4.57 Å². The molecular weight excluding hydrogens is 353 g/mol. The quantitative estimate of drug-likeness (QED) is 0.477. The van der Waals surface area contributed by atoms with Crippen molar-refractivity contribution in [1.82, 2.24) is 24.5 Å². The van der Waals surface area contributed by atoms with Crippen molar-refractivity contribution in [3.63, 3.8) is 0 Å². The van der Waals surface area contributed by atoms with Crippen LogP contribution in [0.2, 0.25) is 0 Å². The highest BCUT2D eigenvalue weighted by Gasteiger charge is 2.15. The Kier molecular flexibility index (Phi) is 4.57. The zero-order chi connectivity index (χ0) is 17.9. The monoisotopic (exact) mass is 369 g/mol. The molecule has 132 valence electrons. The number of benzene rings is 1. The Labute approximate surface area is 153 Å². The van der Waals surface area contributed by atoms with Crippen LogP contribution in [0, 0.1) is 5.82 Å². The third-order valence-corrected chi connectivity index (χ3v) is 4.84. The van der Waals surface area contributed by atoms with Gasteiger partial charge in [0.05, 0.1) is 17.6 Å². The summed E-state index contributed by atoms with van der Waals surface area (Å²) in [6.07, 6.45) is 3.44. The number of nitrogens with zero attached hydrogens (tertiary/aromatic N) is 5. The van der Waals surface area contributed by atoms with Crippen molar-refractivity contribution < 1.29 is 8.81 Å². The minimum atomic E-state index is -0.282. The molecule has 0 aliphatic rings. The molecule has 0 aliphatic carbocycles. The van der Waals surface area contributed by atoms with Crippen LogP contribution >= 0.6 is 11.8 Å². The van der Waals surface area contributed by atoms with Crippen LogP contribution in [0.15, 0.2) is 64.5 Å². The first-order valence-electron chi connectivity index (χ1n) is 8.15. The summed E-state index contributed by atoms with van der Waals surface area (Å²) in [5.74, 6) is 1.76. The predicted molar refractivity (Wildman–Crippen MR) is 96.5 cm³/mol. The molecule has 3 aromatic heterocycles. The van der Waals surface area contributed by atoms with E-state index in [2.05, 4.69) is 15.3 Å². The average Bonchev–Trinajstić information content (AvgIpc) is 3.39. The maximum Gasteiger partial charge on any atom is 0.200 e. The lowest BCUT2D eigenvalue weighted by Crippen LogP contribution is -2.00. The average molecular weight is 369 g/mol. The molecule has 1 aromatic carbocycles. The first-order chi connectivity index (χ1) is 12.7. The Balaban J connectivity index is 1.50. The van der Waals surface area contributed by atoms with Crippen LogP contribution in [0.5, 0.6) is 0 Å². The van der Waals surface area contributed by atoms with E-state index < -0.39 is 0 Å². The summed E-state index contributed by atoms with van der Waals surface area (Å²) in [4.78, 5) is 0. The lowest BCUT2D eigenvalue weighted by molar-refractivity contribution is 0.567. The molecule has 0 radical (unpaired) electrons. The Morgan fingerprint density at radius 1 is 1.15 bits per heavy atom. The van der Waals surface area contributed by atoms with Crippen molar-refractivity contribution >= 4 is 11.8 Å². The summed E-state index contributed by atoms with van der Waals surface area (Å²) in [6.45, 7) is 2.78. The number of furan rings is 1. The fourth-order valence-corrected chi connectivity index (χ4v) is 3.51. The van der Waals surface area contributed by atoms with Crippen LogP contribution in [0.4, 0.5) is 4.39 Å². The molecule has 0 unspecified atom stereocenters. The van der Waals surface area contributed by atoms with Crippen molar-refractivity contribution in [3.8, 4) is 17.3 Å². The molecule has 0 atom stereocenters. The second-order valence-electron chi connectivity index (χ2n) is 5.55. The minimum absolute atomic E-state index is 0.282. The van der Waals surface area contributed by atoms with Crippen molar-refractivity contribution in [3.05, 3.63) is 66.4 Å². The van der Waals surface area contributed by atoms with E-state index in [-0.39, 0.29) is 5.82 Å². The summed E-state index contributed by atoms with van der Waals surface area (Å²) >= 11 is 1.55. The van der Waals surface area contributed by atoms with Crippen LogP contribution in [0.1, 0.15) is 12.6 Å². The van der Waals surface area contributed by atoms with Crippen molar-refractivity contribution in [1.29, 1.82) is 0 Å². The molecule has 4 aromatic rings. The Hall–Kier alpha value is -2.87. The standard InChI is InChI=1S/C18H16FN5OS/c1-2-23-17(16-7-4-10-25-16)20-21-18(23)26-12-14-8-9-24(22-14)15-6-3-5-13(19)11-15/h3-11H,2,12H2,1H3. The topological polar surface area (TPSA) is 61.7 Å². The second-order valence-corrected chi connectivity index (χ2v) is 6.49. The van der Waals surface area contributed by atoms with Gasteiger partial charge in [-0.1, -0.05) is 17.8 Å². The van der Waals surface area contributed by atoms with Crippen LogP contribution in [0.3, 0.4) is 0 Å². The van der Waals surface area contributed by atoms with E-state index in [9.17, 15) is 4.39 Å². The van der Waals surface area contributed by atoms with Gasteiger partial charge in [0.2, 0.25) is 0 Å². The summed E-state index contributed by atoms with van der Waals surface area (Å²) in [7, 11) is 0. The van der Waals surface area contributed by atoms with Gasteiger partial charge in [0.25, 0.3) is 0 Å². The zero-order valence-corrected chi connectivity index (χ0v) is 14.9. The van der Waals surface area contributed by atoms with Crippen LogP contribution in [-0.4, -0.2) is 24.5 Å². The van der Waals surface area contributed by atoms with Crippen LogP contribution in [0.25, 0.3) is 17.3 Å². The zero-order valence-electron chi connectivity index (χ0n) is 14.0. The fraction of sp³-hybridized carbons (Fsp3) is 0.167. The maximum absolute atomic E-state index is 13.4. The maximum atomic E-state index is 13.4. The van der Waals surface area contributed by atoms with E-state index in [0.717, 1.165) is 17.4 Å². The molecule has 3 heterocycles. The third kappa shape index (κ3) is 3.28. The summed E-state index contributed by atoms with van der Waals surface area (Å²) < 4.78 is 22.5. The normalized spacial score (nSPS) is 11.2. The summed E-state index contributed by atoms with van der Waals surface area (Å²) in [6, 6.07) is 12.0. The van der Waals surface area contributed by atoms with Crippen molar-refractivity contribution in [2.24, 2.45) is 0 Å². The number of aromatic nitrogens is 5. The fourth-order valence-electron chi connectivity index (χ4n) is 2.61. The lowest BCUT2D eigenvalue weighted by Gasteiger charge is -2.05. The molecule has 0 spiro atoms. The number of thioether (sulfide) groups is 1. The number of rotatable bonds is 6. The third-order valence-electron chi connectivity index (χ3n) is 3.84. The molecule has 4 rings (SSSR count). The molecular formula is C18H16FN5OS. The summed E-state index contributed by atoms with van der Waals surface area (Å²) in [5, 5.41) is 13.8. The lowest BCUT2D eigenvalue weighted by atomic mass is 10.3. The van der Waals surface area contributed by atoms with E-state index >= 15 is 0 Å². The number of hydrogen-bond donors (Lipinski definition) is 0. The molecule has 0 fully saturated rings. The van der Waals surface area contributed by atoms with Gasteiger partial charge < -0.3 is 4.42 Å². The van der Waals surface area contributed by atoms with E-state index in [1.54, 1.807) is 28.8 Å². The molecule has 0 saturated carbocycles. The molecule has 0 aliphatic heterocycles. The van der Waals surface area contributed by atoms with E-state index in [4.69, 9.17) is 4.42 Å². The highest BCUT2D eigenvalue weighted by Crippen LogP contribution is 2.26. The van der Waals surface area contributed by atoms with Gasteiger partial charge in [-0.05, 0) is 43.3 Å². The van der Waals surface area contributed by atoms with Crippen LogP contribution in [-0.2, 0) is 12.3 Å². The van der Waals surface area contributed by atoms with Crippen LogP contribution < -0.4 is 0 Å². The van der Waals surface area contributed by atoms with Gasteiger partial charge in [0.15, 0.2) is 16.7 Å². The van der Waals surface area contributed by atoms with Gasteiger partial charge in [-0.2, -0.15) is 5.10 Å². The predicted octanol–water partition coefficient (Wildman–Crippen LogP) is 4.18. The minimum Gasteiger partial charge on any atom is -0.461 e. The van der Waals surface area contributed by atoms with Crippen molar-refractivity contribution in [2.75, 3.05) is 0 Å². The van der Waals surface area contributed by atoms with E-state index in [0.29, 0.717) is 23.0 Å². The molecule has 0 N–H and O–H groups in total. The number of halogens is 1. The van der Waals surface area contributed by atoms with Crippen molar-refractivity contribution in [2.45, 2.75) is 24.4 Å². The Bertz CT molecular complexity index is 1010. The largest absolute Gasteiger partial charge is 0.461 e. The highest BCUT2D eigenvalue weighted by atomic mass is 32.2. The van der Waals surface area contributed by atoms with E-state index in [1.807, 2.05) is 42.0 Å².